The Morgan fingerprint density at radius 2 is 1.73 bits per heavy atom. The molecule has 0 saturated heterocycles. The summed E-state index contributed by atoms with van der Waals surface area (Å²) < 4.78 is 29.4. The van der Waals surface area contributed by atoms with Crippen molar-refractivity contribution in [3.8, 4) is 11.5 Å². The molecule has 156 valence electrons. The minimum absolute atomic E-state index is 0.0932. The molecule has 0 aliphatic heterocycles. The molecule has 0 unspecified atom stereocenters. The van der Waals surface area contributed by atoms with Crippen molar-refractivity contribution in [3.63, 3.8) is 0 Å². The first-order valence-electron chi connectivity index (χ1n) is 9.16. The van der Waals surface area contributed by atoms with Crippen molar-refractivity contribution in [1.82, 2.24) is 5.32 Å². The molecule has 0 aliphatic carbocycles. The van der Waals surface area contributed by atoms with Gasteiger partial charge < -0.3 is 24.5 Å². The Bertz CT molecular complexity index is 1030. The Morgan fingerprint density at radius 3 is 2.40 bits per heavy atom. The highest BCUT2D eigenvalue weighted by Crippen LogP contribution is 2.33. The molecule has 1 aromatic heterocycles. The SMILES string of the molecule is COc1cc(NC(=O)c2ccco2)c(C(=O)NCCc2ccccc2F)cc1OC. The van der Waals surface area contributed by atoms with E-state index >= 15 is 0 Å². The predicted molar refractivity (Wildman–Crippen MR) is 109 cm³/mol. The van der Waals surface area contributed by atoms with Crippen LogP contribution in [0, 0.1) is 5.82 Å². The Morgan fingerprint density at radius 1 is 1.00 bits per heavy atom. The summed E-state index contributed by atoms with van der Waals surface area (Å²) in [5.41, 5.74) is 0.884. The van der Waals surface area contributed by atoms with Crippen LogP contribution >= 0.6 is 0 Å². The predicted octanol–water partition coefficient (Wildman–Crippen LogP) is 3.66. The molecule has 2 N–H and O–H groups in total. The van der Waals surface area contributed by atoms with Gasteiger partial charge in [-0.1, -0.05) is 18.2 Å². The smallest absolute Gasteiger partial charge is 0.291 e. The minimum atomic E-state index is -0.521. The summed E-state index contributed by atoms with van der Waals surface area (Å²) in [5.74, 6) is -0.544. The van der Waals surface area contributed by atoms with Gasteiger partial charge in [-0.25, -0.2) is 4.39 Å². The Hall–Kier alpha value is -3.81. The lowest BCUT2D eigenvalue weighted by Crippen LogP contribution is -2.27. The largest absolute Gasteiger partial charge is 0.493 e. The highest BCUT2D eigenvalue weighted by atomic mass is 19.1. The van der Waals surface area contributed by atoms with Crippen molar-refractivity contribution < 1.29 is 27.9 Å². The van der Waals surface area contributed by atoms with Crippen LogP contribution in [0.4, 0.5) is 10.1 Å². The van der Waals surface area contributed by atoms with Crippen molar-refractivity contribution in [3.05, 3.63) is 77.5 Å². The van der Waals surface area contributed by atoms with Crippen LogP contribution < -0.4 is 20.1 Å². The second kappa shape index (κ2) is 9.60. The van der Waals surface area contributed by atoms with Crippen molar-refractivity contribution in [2.24, 2.45) is 0 Å². The van der Waals surface area contributed by atoms with Crippen LogP contribution in [0.1, 0.15) is 26.5 Å². The number of benzene rings is 2. The maximum Gasteiger partial charge on any atom is 0.291 e. The molecule has 1 heterocycles. The third-order valence-electron chi connectivity index (χ3n) is 4.40. The van der Waals surface area contributed by atoms with Gasteiger partial charge in [-0.2, -0.15) is 0 Å². The van der Waals surface area contributed by atoms with E-state index < -0.39 is 11.8 Å². The molecule has 7 nitrogen and oxygen atoms in total. The fraction of sp³-hybridized carbons (Fsp3) is 0.182. The number of hydrogen-bond acceptors (Lipinski definition) is 5. The number of ether oxygens (including phenoxy) is 2. The van der Waals surface area contributed by atoms with E-state index in [0.717, 1.165) is 0 Å². The molecule has 3 aromatic rings. The zero-order valence-electron chi connectivity index (χ0n) is 16.5. The maximum absolute atomic E-state index is 13.8. The zero-order valence-corrected chi connectivity index (χ0v) is 16.5. The fourth-order valence-electron chi connectivity index (χ4n) is 2.87. The van der Waals surface area contributed by atoms with Crippen LogP contribution in [0.25, 0.3) is 0 Å². The summed E-state index contributed by atoms with van der Waals surface area (Å²) in [6, 6.07) is 12.4. The first kappa shape index (κ1) is 20.9. The van der Waals surface area contributed by atoms with Crippen molar-refractivity contribution in [1.29, 1.82) is 0 Å². The van der Waals surface area contributed by atoms with E-state index in [9.17, 15) is 14.0 Å². The molecule has 30 heavy (non-hydrogen) atoms. The first-order chi connectivity index (χ1) is 14.5. The maximum atomic E-state index is 13.8. The number of anilines is 1. The normalized spacial score (nSPS) is 10.4. The van der Waals surface area contributed by atoms with E-state index in [1.807, 2.05) is 0 Å². The average Bonchev–Trinajstić information content (AvgIpc) is 3.29. The third-order valence-corrected chi connectivity index (χ3v) is 4.40. The fourth-order valence-corrected chi connectivity index (χ4v) is 2.87. The van der Waals surface area contributed by atoms with Gasteiger partial charge in [-0.15, -0.1) is 0 Å². The summed E-state index contributed by atoms with van der Waals surface area (Å²) >= 11 is 0. The summed E-state index contributed by atoms with van der Waals surface area (Å²) in [6.07, 6.45) is 1.69. The van der Waals surface area contributed by atoms with Crippen LogP contribution in [-0.2, 0) is 6.42 Å². The molecule has 0 bridgehead atoms. The number of nitrogens with one attached hydrogen (secondary N) is 2. The van der Waals surface area contributed by atoms with Gasteiger partial charge >= 0.3 is 0 Å². The van der Waals surface area contributed by atoms with Gasteiger partial charge in [0.15, 0.2) is 17.3 Å². The molecule has 0 aliphatic rings. The molecule has 2 amide bonds. The number of furan rings is 1. The number of hydrogen-bond donors (Lipinski definition) is 2. The molecule has 0 atom stereocenters. The van der Waals surface area contributed by atoms with Gasteiger partial charge in [-0.3, -0.25) is 9.59 Å². The van der Waals surface area contributed by atoms with Crippen molar-refractivity contribution in [2.75, 3.05) is 26.1 Å². The van der Waals surface area contributed by atoms with Crippen LogP contribution in [-0.4, -0.2) is 32.6 Å². The topological polar surface area (TPSA) is 89.8 Å². The number of methoxy groups -OCH3 is 2. The number of halogens is 1. The molecule has 2 aromatic carbocycles. The van der Waals surface area contributed by atoms with Crippen molar-refractivity contribution >= 4 is 17.5 Å². The van der Waals surface area contributed by atoms with Gasteiger partial charge in [0.1, 0.15) is 5.82 Å². The number of carbonyl (C=O) groups excluding carboxylic acids is 2. The van der Waals surface area contributed by atoms with E-state index in [0.29, 0.717) is 23.5 Å². The van der Waals surface area contributed by atoms with Crippen LogP contribution in [0.15, 0.2) is 59.2 Å². The zero-order chi connectivity index (χ0) is 21.5. The molecule has 8 heteroatoms. The quantitative estimate of drug-likeness (QED) is 0.589. The number of carbonyl (C=O) groups is 2. The Kier molecular flexibility index (Phi) is 6.69. The molecular formula is C22H21FN2O5. The molecule has 0 fully saturated rings. The minimum Gasteiger partial charge on any atom is -0.493 e. The van der Waals surface area contributed by atoms with E-state index in [2.05, 4.69) is 10.6 Å². The molecule has 3 rings (SSSR count). The third kappa shape index (κ3) is 4.78. The standard InChI is InChI=1S/C22H21FN2O5/c1-28-19-12-15(21(26)24-10-9-14-6-3-4-7-16(14)23)17(13-20(19)29-2)25-22(27)18-8-5-11-30-18/h3-8,11-13H,9-10H2,1-2H3,(H,24,26)(H,25,27). The summed E-state index contributed by atoms with van der Waals surface area (Å²) in [7, 11) is 2.89. The van der Waals surface area contributed by atoms with Gasteiger partial charge in [0.05, 0.1) is 31.7 Å². The number of rotatable bonds is 8. The Labute approximate surface area is 172 Å². The molecule has 0 spiro atoms. The average molecular weight is 412 g/mol. The van der Waals surface area contributed by atoms with E-state index in [1.54, 1.807) is 24.3 Å². The van der Waals surface area contributed by atoms with Gasteiger partial charge in [0.25, 0.3) is 11.8 Å². The first-order valence-corrected chi connectivity index (χ1v) is 9.16. The van der Waals surface area contributed by atoms with E-state index in [1.165, 1.54) is 44.7 Å². The van der Waals surface area contributed by atoms with E-state index in [4.69, 9.17) is 13.9 Å². The lowest BCUT2D eigenvalue weighted by atomic mass is 10.1. The van der Waals surface area contributed by atoms with Gasteiger partial charge in [0.2, 0.25) is 0 Å². The highest BCUT2D eigenvalue weighted by Gasteiger charge is 2.20. The second-order valence-electron chi connectivity index (χ2n) is 6.28. The van der Waals surface area contributed by atoms with Gasteiger partial charge in [0, 0.05) is 12.6 Å². The second-order valence-corrected chi connectivity index (χ2v) is 6.28. The summed E-state index contributed by atoms with van der Waals surface area (Å²) in [6.45, 7) is 0.208. The number of amides is 2. The van der Waals surface area contributed by atoms with Crippen molar-refractivity contribution in [2.45, 2.75) is 6.42 Å². The lowest BCUT2D eigenvalue weighted by Gasteiger charge is -2.15. The Balaban J connectivity index is 1.80. The van der Waals surface area contributed by atoms with Crippen LogP contribution in [0.5, 0.6) is 11.5 Å². The highest BCUT2D eigenvalue weighted by molar-refractivity contribution is 6.08. The van der Waals surface area contributed by atoms with Crippen LogP contribution in [0.2, 0.25) is 0 Å². The van der Waals surface area contributed by atoms with Crippen LogP contribution in [0.3, 0.4) is 0 Å². The summed E-state index contributed by atoms with van der Waals surface area (Å²) in [5, 5.41) is 5.38. The molecule has 0 saturated carbocycles. The lowest BCUT2D eigenvalue weighted by molar-refractivity contribution is 0.0954. The monoisotopic (exact) mass is 412 g/mol. The molecular weight excluding hydrogens is 391 g/mol. The van der Waals surface area contributed by atoms with E-state index in [-0.39, 0.29) is 29.4 Å². The molecule has 0 radical (unpaired) electrons. The van der Waals surface area contributed by atoms with Gasteiger partial charge in [-0.05, 0) is 36.2 Å². The summed E-state index contributed by atoms with van der Waals surface area (Å²) in [4.78, 5) is 25.2.